The van der Waals surface area contributed by atoms with Crippen LogP contribution in [-0.2, 0) is 0 Å². The summed E-state index contributed by atoms with van der Waals surface area (Å²) in [5, 5.41) is 9.02. The minimum atomic E-state index is -0.353. The van der Waals surface area contributed by atoms with Gasteiger partial charge in [0.25, 0.3) is 0 Å². The van der Waals surface area contributed by atoms with Gasteiger partial charge in [0.2, 0.25) is 0 Å². The van der Waals surface area contributed by atoms with Crippen molar-refractivity contribution in [2.24, 2.45) is 0 Å². The highest BCUT2D eigenvalue weighted by molar-refractivity contribution is 5.60. The lowest BCUT2D eigenvalue weighted by atomic mass is 10.1. The van der Waals surface area contributed by atoms with Crippen molar-refractivity contribution < 1.29 is 4.39 Å². The molecule has 1 aromatic carbocycles. The van der Waals surface area contributed by atoms with Crippen molar-refractivity contribution in [2.75, 3.05) is 32.1 Å². The van der Waals surface area contributed by atoms with Crippen molar-refractivity contribution >= 4 is 5.69 Å². The van der Waals surface area contributed by atoms with Gasteiger partial charge in [0, 0.05) is 19.1 Å². The number of anilines is 1. The molecule has 2 rings (SSSR count). The number of nitriles is 1. The molecule has 1 aliphatic heterocycles. The second-order valence-corrected chi connectivity index (χ2v) is 4.63. The molecule has 1 fully saturated rings. The average molecular weight is 233 g/mol. The van der Waals surface area contributed by atoms with Crippen LogP contribution < -0.4 is 4.90 Å². The molecule has 0 radical (unpaired) electrons. The summed E-state index contributed by atoms with van der Waals surface area (Å²) < 4.78 is 13.0. The van der Waals surface area contributed by atoms with Crippen molar-refractivity contribution in [3.8, 4) is 6.07 Å². The number of benzene rings is 1. The molecule has 90 valence electrons. The molecule has 1 heterocycles. The first-order valence-electron chi connectivity index (χ1n) is 5.73. The van der Waals surface area contributed by atoms with Crippen LogP contribution in [-0.4, -0.2) is 38.1 Å². The van der Waals surface area contributed by atoms with Crippen LogP contribution in [0.3, 0.4) is 0 Å². The predicted octanol–water partition coefficient (Wildman–Crippen LogP) is 1.84. The maximum absolute atomic E-state index is 13.0. The first-order chi connectivity index (χ1) is 8.11. The lowest BCUT2D eigenvalue weighted by Crippen LogP contribution is -2.31. The molecule has 0 aliphatic carbocycles. The number of halogens is 1. The molecule has 1 atom stereocenters. The largest absolute Gasteiger partial charge is 0.369 e. The van der Waals surface area contributed by atoms with Crippen molar-refractivity contribution in [3.05, 3.63) is 29.6 Å². The number of hydrogen-bond donors (Lipinski definition) is 0. The van der Waals surface area contributed by atoms with E-state index in [9.17, 15) is 4.39 Å². The van der Waals surface area contributed by atoms with E-state index in [1.807, 2.05) is 0 Å². The van der Waals surface area contributed by atoms with Crippen LogP contribution in [0.15, 0.2) is 18.2 Å². The second kappa shape index (κ2) is 4.72. The van der Waals surface area contributed by atoms with Gasteiger partial charge in [0.05, 0.1) is 11.3 Å². The summed E-state index contributed by atoms with van der Waals surface area (Å²) in [4.78, 5) is 4.35. The average Bonchev–Trinajstić information content (AvgIpc) is 2.78. The molecule has 0 amide bonds. The third kappa shape index (κ3) is 2.40. The SMILES string of the molecule is CN(C)C1CCN(c2ccc(F)cc2C#N)C1. The molecular formula is C13H16FN3. The number of rotatable bonds is 2. The van der Waals surface area contributed by atoms with E-state index in [0.29, 0.717) is 11.6 Å². The Morgan fingerprint density at radius 2 is 2.24 bits per heavy atom. The summed E-state index contributed by atoms with van der Waals surface area (Å²) in [6, 6.07) is 6.99. The Kier molecular flexibility index (Phi) is 3.30. The molecule has 4 heteroatoms. The normalized spacial score (nSPS) is 19.7. The minimum absolute atomic E-state index is 0.353. The van der Waals surface area contributed by atoms with Crippen LogP contribution in [0.5, 0.6) is 0 Å². The third-order valence-corrected chi connectivity index (χ3v) is 3.31. The standard InChI is InChI=1S/C13H16FN3/c1-16(2)12-5-6-17(9-12)13-4-3-11(14)7-10(13)8-15/h3-4,7,12H,5-6,9H2,1-2H3. The van der Waals surface area contributed by atoms with E-state index in [0.717, 1.165) is 25.2 Å². The second-order valence-electron chi connectivity index (χ2n) is 4.63. The smallest absolute Gasteiger partial charge is 0.124 e. The van der Waals surface area contributed by atoms with Crippen LogP contribution >= 0.6 is 0 Å². The summed E-state index contributed by atoms with van der Waals surface area (Å²) in [5.41, 5.74) is 1.27. The van der Waals surface area contributed by atoms with Gasteiger partial charge in [-0.15, -0.1) is 0 Å². The maximum atomic E-state index is 13.0. The van der Waals surface area contributed by atoms with Gasteiger partial charge >= 0.3 is 0 Å². The first kappa shape index (κ1) is 11.9. The topological polar surface area (TPSA) is 30.3 Å². The predicted molar refractivity (Wildman–Crippen MR) is 65.4 cm³/mol. The van der Waals surface area contributed by atoms with Gasteiger partial charge in [0.15, 0.2) is 0 Å². The van der Waals surface area contributed by atoms with Gasteiger partial charge in [-0.3, -0.25) is 0 Å². The van der Waals surface area contributed by atoms with Crippen LogP contribution in [0, 0.1) is 17.1 Å². The van der Waals surface area contributed by atoms with E-state index >= 15 is 0 Å². The van der Waals surface area contributed by atoms with Crippen molar-refractivity contribution in [3.63, 3.8) is 0 Å². The summed E-state index contributed by atoms with van der Waals surface area (Å²) in [5.74, 6) is -0.353. The Morgan fingerprint density at radius 1 is 1.47 bits per heavy atom. The van der Waals surface area contributed by atoms with Gasteiger partial charge in [-0.05, 0) is 38.7 Å². The Labute approximate surface area is 101 Å². The van der Waals surface area contributed by atoms with E-state index in [4.69, 9.17) is 5.26 Å². The number of nitrogens with zero attached hydrogens (tertiary/aromatic N) is 3. The Morgan fingerprint density at radius 3 is 2.82 bits per heavy atom. The van der Waals surface area contributed by atoms with Crippen molar-refractivity contribution in [1.29, 1.82) is 5.26 Å². The molecule has 0 spiro atoms. The van der Waals surface area contributed by atoms with E-state index in [2.05, 4.69) is 30.0 Å². The van der Waals surface area contributed by atoms with E-state index in [-0.39, 0.29) is 5.82 Å². The van der Waals surface area contributed by atoms with Gasteiger partial charge < -0.3 is 9.80 Å². The Balaban J connectivity index is 2.22. The Bertz CT molecular complexity index is 450. The minimum Gasteiger partial charge on any atom is -0.369 e. The van der Waals surface area contributed by atoms with Gasteiger partial charge in [-0.25, -0.2) is 4.39 Å². The fourth-order valence-electron chi connectivity index (χ4n) is 2.26. The van der Waals surface area contributed by atoms with Gasteiger partial charge in [-0.2, -0.15) is 5.26 Å². The monoisotopic (exact) mass is 233 g/mol. The van der Waals surface area contributed by atoms with E-state index < -0.39 is 0 Å². The van der Waals surface area contributed by atoms with Crippen LogP contribution in [0.2, 0.25) is 0 Å². The molecular weight excluding hydrogens is 217 g/mol. The highest BCUT2D eigenvalue weighted by Crippen LogP contribution is 2.26. The highest BCUT2D eigenvalue weighted by atomic mass is 19.1. The van der Waals surface area contributed by atoms with Crippen LogP contribution in [0.4, 0.5) is 10.1 Å². The molecule has 1 unspecified atom stereocenters. The zero-order valence-corrected chi connectivity index (χ0v) is 10.2. The maximum Gasteiger partial charge on any atom is 0.124 e. The van der Waals surface area contributed by atoms with Crippen LogP contribution in [0.1, 0.15) is 12.0 Å². The molecule has 0 saturated carbocycles. The third-order valence-electron chi connectivity index (χ3n) is 3.31. The summed E-state index contributed by atoms with van der Waals surface area (Å²) in [6.45, 7) is 1.82. The van der Waals surface area contributed by atoms with Crippen molar-refractivity contribution in [1.82, 2.24) is 4.90 Å². The summed E-state index contributed by atoms with van der Waals surface area (Å²) in [6.07, 6.45) is 1.08. The molecule has 17 heavy (non-hydrogen) atoms. The summed E-state index contributed by atoms with van der Waals surface area (Å²) >= 11 is 0. The molecule has 1 aromatic rings. The molecule has 1 aliphatic rings. The fourth-order valence-corrected chi connectivity index (χ4v) is 2.26. The number of hydrogen-bond acceptors (Lipinski definition) is 3. The number of likely N-dealkylation sites (N-methyl/N-ethyl adjacent to an activating group) is 1. The fraction of sp³-hybridized carbons (Fsp3) is 0.462. The first-order valence-corrected chi connectivity index (χ1v) is 5.73. The quantitative estimate of drug-likeness (QED) is 0.780. The zero-order valence-electron chi connectivity index (χ0n) is 10.2. The van der Waals surface area contributed by atoms with Crippen molar-refractivity contribution in [2.45, 2.75) is 12.5 Å². The molecule has 1 saturated heterocycles. The van der Waals surface area contributed by atoms with E-state index in [1.54, 1.807) is 6.07 Å². The lowest BCUT2D eigenvalue weighted by Gasteiger charge is -2.22. The lowest BCUT2D eigenvalue weighted by molar-refractivity contribution is 0.315. The van der Waals surface area contributed by atoms with E-state index in [1.165, 1.54) is 12.1 Å². The molecule has 0 N–H and O–H groups in total. The summed E-state index contributed by atoms with van der Waals surface area (Å²) in [7, 11) is 4.12. The molecule has 0 aromatic heterocycles. The Hall–Kier alpha value is -1.60. The molecule has 3 nitrogen and oxygen atoms in total. The highest BCUT2D eigenvalue weighted by Gasteiger charge is 2.25. The van der Waals surface area contributed by atoms with Gasteiger partial charge in [-0.1, -0.05) is 0 Å². The molecule has 0 bridgehead atoms. The van der Waals surface area contributed by atoms with Gasteiger partial charge in [0.1, 0.15) is 11.9 Å². The zero-order chi connectivity index (χ0) is 12.4. The van der Waals surface area contributed by atoms with Crippen LogP contribution in [0.25, 0.3) is 0 Å².